The smallest absolute Gasteiger partial charge is 0.246 e. The number of carbonyl (C=O) groups excluding carboxylic acids is 1. The Balaban J connectivity index is 2.00. The van der Waals surface area contributed by atoms with Gasteiger partial charge < -0.3 is 10.0 Å². The van der Waals surface area contributed by atoms with Crippen LogP contribution < -0.4 is 0 Å². The van der Waals surface area contributed by atoms with Gasteiger partial charge in [-0.1, -0.05) is 17.7 Å². The van der Waals surface area contributed by atoms with Crippen LogP contribution in [0.5, 0.6) is 0 Å². The Labute approximate surface area is 124 Å². The van der Waals surface area contributed by atoms with E-state index in [1.165, 1.54) is 0 Å². The topological polar surface area (TPSA) is 53.4 Å². The molecule has 0 radical (unpaired) electrons. The summed E-state index contributed by atoms with van der Waals surface area (Å²) in [6.07, 6.45) is 8.73. The lowest BCUT2D eigenvalue weighted by Gasteiger charge is -2.34. The second kappa shape index (κ2) is 7.41. The second-order valence-electron chi connectivity index (χ2n) is 4.94. The monoisotopic (exact) mass is 294 g/mol. The number of halogens is 1. The number of pyridine rings is 1. The largest absolute Gasteiger partial charge is 0.396 e. The van der Waals surface area contributed by atoms with Crippen LogP contribution in [-0.4, -0.2) is 40.1 Å². The molecule has 20 heavy (non-hydrogen) atoms. The maximum Gasteiger partial charge on any atom is 0.246 e. The quantitative estimate of drug-likeness (QED) is 0.686. The molecular weight excluding hydrogens is 276 g/mol. The normalized spacial score (nSPS) is 19.5. The highest BCUT2D eigenvalue weighted by Gasteiger charge is 2.24. The van der Waals surface area contributed by atoms with Crippen molar-refractivity contribution in [3.8, 4) is 0 Å². The van der Waals surface area contributed by atoms with Gasteiger partial charge >= 0.3 is 0 Å². The van der Waals surface area contributed by atoms with Crippen LogP contribution in [0.1, 0.15) is 31.2 Å². The Morgan fingerprint density at radius 1 is 1.50 bits per heavy atom. The van der Waals surface area contributed by atoms with Gasteiger partial charge in [0, 0.05) is 31.5 Å². The second-order valence-corrected chi connectivity index (χ2v) is 5.33. The Morgan fingerprint density at radius 2 is 2.35 bits per heavy atom. The van der Waals surface area contributed by atoms with E-state index in [2.05, 4.69) is 4.98 Å². The number of nitrogens with zero attached hydrogens (tertiary/aromatic N) is 2. The number of hydrogen-bond donors (Lipinski definition) is 1. The van der Waals surface area contributed by atoms with E-state index in [1.54, 1.807) is 24.4 Å². The number of likely N-dealkylation sites (tertiary alicyclic amines) is 1. The lowest BCUT2D eigenvalue weighted by Crippen LogP contribution is -2.43. The molecular formula is C15H19ClN2O2. The Morgan fingerprint density at radius 3 is 3.05 bits per heavy atom. The number of aliphatic hydroxyl groups excluding tert-OH is 1. The fraction of sp³-hybridized carbons (Fsp3) is 0.467. The highest BCUT2D eigenvalue weighted by Crippen LogP contribution is 2.20. The first kappa shape index (κ1) is 15.0. The number of amides is 1. The van der Waals surface area contributed by atoms with Crippen molar-refractivity contribution in [1.29, 1.82) is 0 Å². The van der Waals surface area contributed by atoms with Gasteiger partial charge in [0.25, 0.3) is 0 Å². The number of aromatic nitrogens is 1. The van der Waals surface area contributed by atoms with E-state index in [0.29, 0.717) is 11.6 Å². The highest BCUT2D eigenvalue weighted by molar-refractivity contribution is 6.29. The van der Waals surface area contributed by atoms with Gasteiger partial charge in [-0.15, -0.1) is 0 Å². The van der Waals surface area contributed by atoms with Crippen LogP contribution in [-0.2, 0) is 4.79 Å². The zero-order chi connectivity index (χ0) is 14.4. The van der Waals surface area contributed by atoms with Gasteiger partial charge in [-0.05, 0) is 43.4 Å². The first-order valence-corrected chi connectivity index (χ1v) is 7.29. The number of carbonyl (C=O) groups is 1. The van der Waals surface area contributed by atoms with Crippen LogP contribution in [0, 0.1) is 0 Å². The molecule has 0 aromatic carbocycles. The molecule has 2 heterocycles. The summed E-state index contributed by atoms with van der Waals surface area (Å²) in [6.45, 7) is 0.895. The van der Waals surface area contributed by atoms with Crippen molar-refractivity contribution >= 4 is 23.6 Å². The third-order valence-corrected chi connectivity index (χ3v) is 3.76. The number of hydrogen-bond acceptors (Lipinski definition) is 3. The number of rotatable bonds is 4. The molecule has 1 amide bonds. The van der Waals surface area contributed by atoms with Crippen LogP contribution in [0.2, 0.25) is 5.15 Å². The summed E-state index contributed by atoms with van der Waals surface area (Å²) in [4.78, 5) is 18.1. The van der Waals surface area contributed by atoms with E-state index in [4.69, 9.17) is 16.7 Å². The Kier molecular flexibility index (Phi) is 5.56. The molecule has 1 N–H and O–H groups in total. The average molecular weight is 295 g/mol. The van der Waals surface area contributed by atoms with E-state index >= 15 is 0 Å². The summed E-state index contributed by atoms with van der Waals surface area (Å²) in [5.41, 5.74) is 0.846. The van der Waals surface area contributed by atoms with Crippen molar-refractivity contribution in [2.45, 2.75) is 31.7 Å². The van der Waals surface area contributed by atoms with E-state index in [9.17, 15) is 4.79 Å². The first-order chi connectivity index (χ1) is 9.70. The van der Waals surface area contributed by atoms with Crippen LogP contribution in [0.15, 0.2) is 24.4 Å². The summed E-state index contributed by atoms with van der Waals surface area (Å²) >= 11 is 5.72. The molecule has 5 heteroatoms. The van der Waals surface area contributed by atoms with Crippen LogP contribution in [0.3, 0.4) is 0 Å². The molecule has 0 bridgehead atoms. The van der Waals surface area contributed by atoms with E-state index in [-0.39, 0.29) is 18.6 Å². The minimum atomic E-state index is -0.00176. The van der Waals surface area contributed by atoms with Crippen molar-refractivity contribution < 1.29 is 9.90 Å². The van der Waals surface area contributed by atoms with Gasteiger partial charge in [0.2, 0.25) is 5.91 Å². The minimum Gasteiger partial charge on any atom is -0.396 e. The lowest BCUT2D eigenvalue weighted by atomic mass is 9.99. The van der Waals surface area contributed by atoms with Crippen molar-refractivity contribution in [2.24, 2.45) is 0 Å². The highest BCUT2D eigenvalue weighted by atomic mass is 35.5. The minimum absolute atomic E-state index is 0.00176. The molecule has 0 spiro atoms. The van der Waals surface area contributed by atoms with Crippen LogP contribution in [0.25, 0.3) is 6.08 Å². The molecule has 1 aromatic heterocycles. The number of aliphatic hydroxyl groups is 1. The third-order valence-electron chi connectivity index (χ3n) is 3.54. The zero-order valence-electron chi connectivity index (χ0n) is 11.3. The average Bonchev–Trinajstić information content (AvgIpc) is 2.47. The molecule has 1 aliphatic rings. The molecule has 1 aromatic rings. The van der Waals surface area contributed by atoms with Gasteiger partial charge in [0.05, 0.1) is 0 Å². The molecule has 1 fully saturated rings. The van der Waals surface area contributed by atoms with Crippen molar-refractivity contribution in [2.75, 3.05) is 13.2 Å². The predicted octanol–water partition coefficient (Wildman–Crippen LogP) is 2.51. The molecule has 0 aliphatic carbocycles. The van der Waals surface area contributed by atoms with E-state index < -0.39 is 0 Å². The third kappa shape index (κ3) is 4.05. The molecule has 1 aliphatic heterocycles. The van der Waals surface area contributed by atoms with Gasteiger partial charge in [0.15, 0.2) is 0 Å². The lowest BCUT2D eigenvalue weighted by molar-refractivity contribution is -0.129. The Bertz CT molecular complexity index is 471. The molecule has 108 valence electrons. The summed E-state index contributed by atoms with van der Waals surface area (Å²) < 4.78 is 0. The SMILES string of the molecule is O=C(/C=C/c1ccc(Cl)nc1)N1CCCCC1CCO. The van der Waals surface area contributed by atoms with Gasteiger partial charge in [-0.25, -0.2) is 4.98 Å². The molecule has 0 saturated carbocycles. The maximum atomic E-state index is 12.2. The van der Waals surface area contributed by atoms with Crippen LogP contribution >= 0.6 is 11.6 Å². The summed E-state index contributed by atoms with van der Waals surface area (Å²) in [5, 5.41) is 9.51. The molecule has 4 nitrogen and oxygen atoms in total. The van der Waals surface area contributed by atoms with Crippen molar-refractivity contribution in [3.63, 3.8) is 0 Å². The molecule has 1 saturated heterocycles. The van der Waals surface area contributed by atoms with Crippen molar-refractivity contribution in [1.82, 2.24) is 9.88 Å². The van der Waals surface area contributed by atoms with Gasteiger partial charge in [-0.3, -0.25) is 4.79 Å². The molecule has 1 unspecified atom stereocenters. The first-order valence-electron chi connectivity index (χ1n) is 6.92. The fourth-order valence-electron chi connectivity index (χ4n) is 2.49. The summed E-state index contributed by atoms with van der Waals surface area (Å²) in [6, 6.07) is 3.68. The molecule has 2 rings (SSSR count). The standard InChI is InChI=1S/C15H19ClN2O2/c16-14-6-4-12(11-17-14)5-7-15(20)18-9-2-1-3-13(18)8-10-19/h4-7,11,13,19H,1-3,8-10H2/b7-5+. The maximum absolute atomic E-state index is 12.2. The number of piperidine rings is 1. The van der Waals surface area contributed by atoms with Gasteiger partial charge in [-0.2, -0.15) is 0 Å². The van der Waals surface area contributed by atoms with Crippen molar-refractivity contribution in [3.05, 3.63) is 35.1 Å². The summed E-state index contributed by atoms with van der Waals surface area (Å²) in [5.74, 6) is -0.00176. The zero-order valence-corrected chi connectivity index (χ0v) is 12.1. The van der Waals surface area contributed by atoms with E-state index in [0.717, 1.165) is 31.4 Å². The van der Waals surface area contributed by atoms with Gasteiger partial charge in [0.1, 0.15) is 5.15 Å². The molecule has 1 atom stereocenters. The van der Waals surface area contributed by atoms with Crippen LogP contribution in [0.4, 0.5) is 0 Å². The predicted molar refractivity (Wildman–Crippen MR) is 79.3 cm³/mol. The Hall–Kier alpha value is -1.39. The fourth-order valence-corrected chi connectivity index (χ4v) is 2.60. The summed E-state index contributed by atoms with van der Waals surface area (Å²) in [7, 11) is 0. The van der Waals surface area contributed by atoms with E-state index in [1.807, 2.05) is 11.0 Å².